The molecule has 0 spiro atoms. The van der Waals surface area contributed by atoms with Crippen molar-refractivity contribution in [2.45, 2.75) is 26.7 Å². The molecule has 0 radical (unpaired) electrons. The van der Waals surface area contributed by atoms with Gasteiger partial charge in [-0.05, 0) is 6.42 Å². The minimum Gasteiger partial charge on any atom is -0.459 e. The number of quaternary nitrogens is 1. The highest BCUT2D eigenvalue weighted by molar-refractivity contribution is 7.80. The fourth-order valence-electron chi connectivity index (χ4n) is 1.47. The van der Waals surface area contributed by atoms with E-state index in [4.69, 9.17) is 9.29 Å². The van der Waals surface area contributed by atoms with Crippen molar-refractivity contribution in [3.8, 4) is 0 Å². The zero-order chi connectivity index (χ0) is 15.8. The van der Waals surface area contributed by atoms with Crippen LogP contribution in [0.25, 0.3) is 0 Å². The molecule has 0 saturated carbocycles. The molecular weight excluding hydrogens is 286 g/mol. The topological polar surface area (TPSA) is 89.9 Å². The van der Waals surface area contributed by atoms with E-state index in [1.54, 1.807) is 0 Å². The van der Waals surface area contributed by atoms with Crippen LogP contribution in [-0.2, 0) is 24.1 Å². The SMILES string of the molecule is CCC(C)C(=O)OCC[N+](C)(C)CCCOS(=O)(=O)O. The predicted molar refractivity (Wildman–Crippen MR) is 74.4 cm³/mol. The monoisotopic (exact) mass is 312 g/mol. The van der Waals surface area contributed by atoms with Crippen LogP contribution in [0.15, 0.2) is 0 Å². The summed E-state index contributed by atoms with van der Waals surface area (Å²) < 4.78 is 39.1. The summed E-state index contributed by atoms with van der Waals surface area (Å²) in [6.45, 7) is 5.31. The Morgan fingerprint density at radius 2 is 1.85 bits per heavy atom. The summed E-state index contributed by atoms with van der Waals surface area (Å²) in [5.41, 5.74) is 0. The van der Waals surface area contributed by atoms with Crippen molar-refractivity contribution in [2.75, 3.05) is 40.4 Å². The maximum Gasteiger partial charge on any atom is 0.397 e. The molecular formula is C12H26NO6S+. The van der Waals surface area contributed by atoms with Crippen molar-refractivity contribution >= 4 is 16.4 Å². The van der Waals surface area contributed by atoms with Crippen molar-refractivity contribution in [1.29, 1.82) is 0 Å². The first-order chi connectivity index (χ1) is 9.07. The predicted octanol–water partition coefficient (Wildman–Crippen LogP) is 0.862. The average Bonchev–Trinajstić information content (AvgIpc) is 2.32. The molecule has 20 heavy (non-hydrogen) atoms. The molecule has 0 aromatic carbocycles. The van der Waals surface area contributed by atoms with E-state index >= 15 is 0 Å². The molecule has 0 aromatic heterocycles. The lowest BCUT2D eigenvalue weighted by Gasteiger charge is -2.29. The minimum absolute atomic E-state index is 0.0623. The van der Waals surface area contributed by atoms with Gasteiger partial charge in [-0.1, -0.05) is 13.8 Å². The quantitative estimate of drug-likeness (QED) is 0.278. The normalized spacial score (nSPS) is 14.1. The number of esters is 1. The van der Waals surface area contributed by atoms with Gasteiger partial charge in [0.05, 0.1) is 33.2 Å². The molecule has 0 rings (SSSR count). The third-order valence-electron chi connectivity index (χ3n) is 3.10. The molecule has 1 N–H and O–H groups in total. The van der Waals surface area contributed by atoms with Gasteiger partial charge in [0.25, 0.3) is 0 Å². The number of ether oxygens (including phenoxy) is 1. The highest BCUT2D eigenvalue weighted by atomic mass is 32.3. The van der Waals surface area contributed by atoms with E-state index in [0.29, 0.717) is 30.6 Å². The van der Waals surface area contributed by atoms with Crippen molar-refractivity contribution in [3.63, 3.8) is 0 Å². The van der Waals surface area contributed by atoms with Gasteiger partial charge in [-0.25, -0.2) is 4.18 Å². The van der Waals surface area contributed by atoms with E-state index in [0.717, 1.165) is 6.42 Å². The van der Waals surface area contributed by atoms with Gasteiger partial charge in [0.15, 0.2) is 0 Å². The molecule has 0 aromatic rings. The lowest BCUT2D eigenvalue weighted by Crippen LogP contribution is -2.43. The minimum atomic E-state index is -4.36. The zero-order valence-electron chi connectivity index (χ0n) is 12.7. The molecule has 120 valence electrons. The lowest BCUT2D eigenvalue weighted by molar-refractivity contribution is -0.890. The number of hydrogen-bond acceptors (Lipinski definition) is 5. The molecule has 0 aliphatic carbocycles. The second kappa shape index (κ2) is 8.56. The highest BCUT2D eigenvalue weighted by Crippen LogP contribution is 2.05. The number of likely N-dealkylation sites (N-methyl/N-ethyl adjacent to an activating group) is 1. The summed E-state index contributed by atoms with van der Waals surface area (Å²) in [6, 6.07) is 0. The summed E-state index contributed by atoms with van der Waals surface area (Å²) in [4.78, 5) is 11.5. The summed E-state index contributed by atoms with van der Waals surface area (Å²) in [5, 5.41) is 0. The van der Waals surface area contributed by atoms with Crippen molar-refractivity contribution in [2.24, 2.45) is 5.92 Å². The summed E-state index contributed by atoms with van der Waals surface area (Å²) in [5.74, 6) is -0.281. The molecule has 0 amide bonds. The molecule has 1 atom stereocenters. The molecule has 0 heterocycles. The van der Waals surface area contributed by atoms with Crippen LogP contribution in [-0.4, -0.2) is 63.8 Å². The van der Waals surface area contributed by atoms with Crippen molar-refractivity contribution < 1.29 is 31.2 Å². The van der Waals surface area contributed by atoms with Crippen LogP contribution >= 0.6 is 0 Å². The smallest absolute Gasteiger partial charge is 0.397 e. The van der Waals surface area contributed by atoms with Crippen LogP contribution in [0.5, 0.6) is 0 Å². The number of carbonyl (C=O) groups is 1. The Morgan fingerprint density at radius 1 is 1.25 bits per heavy atom. The number of hydrogen-bond donors (Lipinski definition) is 1. The van der Waals surface area contributed by atoms with Crippen molar-refractivity contribution in [1.82, 2.24) is 0 Å². The molecule has 0 bridgehead atoms. The van der Waals surface area contributed by atoms with E-state index in [1.165, 1.54) is 0 Å². The highest BCUT2D eigenvalue weighted by Gasteiger charge is 2.18. The Bertz CT molecular complexity index is 393. The largest absolute Gasteiger partial charge is 0.459 e. The van der Waals surface area contributed by atoms with Gasteiger partial charge in [-0.2, -0.15) is 8.42 Å². The van der Waals surface area contributed by atoms with Gasteiger partial charge in [0, 0.05) is 6.42 Å². The Kier molecular flexibility index (Phi) is 8.26. The van der Waals surface area contributed by atoms with Gasteiger partial charge < -0.3 is 9.22 Å². The van der Waals surface area contributed by atoms with E-state index < -0.39 is 10.4 Å². The molecule has 7 nitrogen and oxygen atoms in total. The Balaban J connectivity index is 3.87. The fraction of sp³-hybridized carbons (Fsp3) is 0.917. The first kappa shape index (κ1) is 19.3. The van der Waals surface area contributed by atoms with Crippen LogP contribution < -0.4 is 0 Å². The summed E-state index contributed by atoms with van der Waals surface area (Å²) >= 11 is 0. The summed E-state index contributed by atoms with van der Waals surface area (Å²) in [7, 11) is -0.461. The van der Waals surface area contributed by atoms with E-state index in [9.17, 15) is 13.2 Å². The Morgan fingerprint density at radius 3 is 2.35 bits per heavy atom. The van der Waals surface area contributed by atoms with E-state index in [-0.39, 0.29) is 18.5 Å². The number of carbonyl (C=O) groups excluding carboxylic acids is 1. The van der Waals surface area contributed by atoms with E-state index in [1.807, 2.05) is 27.9 Å². The maximum atomic E-state index is 11.5. The molecule has 0 aliphatic rings. The van der Waals surface area contributed by atoms with Crippen LogP contribution in [0.1, 0.15) is 26.7 Å². The molecule has 0 aliphatic heterocycles. The van der Waals surface area contributed by atoms with Gasteiger partial charge >= 0.3 is 16.4 Å². The molecule has 0 fully saturated rings. The third kappa shape index (κ3) is 10.1. The molecule has 1 unspecified atom stereocenters. The first-order valence-electron chi connectivity index (χ1n) is 6.68. The van der Waals surface area contributed by atoms with Crippen LogP contribution in [0.2, 0.25) is 0 Å². The standard InChI is InChI=1S/C12H25NO6S/c1-5-11(2)12(14)18-10-8-13(3,4)7-6-9-19-20(15,16)17/h11H,5-10H2,1-4H3/p+1. The van der Waals surface area contributed by atoms with Gasteiger partial charge in [0.2, 0.25) is 0 Å². The summed E-state index contributed by atoms with van der Waals surface area (Å²) in [6.07, 6.45) is 1.23. The van der Waals surface area contributed by atoms with E-state index in [2.05, 4.69) is 4.18 Å². The second-order valence-corrected chi connectivity index (χ2v) is 6.55. The average molecular weight is 312 g/mol. The Hall–Kier alpha value is -0.700. The third-order valence-corrected chi connectivity index (χ3v) is 3.56. The Labute approximate surface area is 121 Å². The van der Waals surface area contributed by atoms with Crippen molar-refractivity contribution in [3.05, 3.63) is 0 Å². The lowest BCUT2D eigenvalue weighted by atomic mass is 10.1. The van der Waals surface area contributed by atoms with Gasteiger partial charge in [-0.3, -0.25) is 9.35 Å². The van der Waals surface area contributed by atoms with Crippen LogP contribution in [0.4, 0.5) is 0 Å². The molecule has 0 saturated heterocycles. The zero-order valence-corrected chi connectivity index (χ0v) is 13.5. The van der Waals surface area contributed by atoms with Crippen LogP contribution in [0.3, 0.4) is 0 Å². The molecule has 8 heteroatoms. The van der Waals surface area contributed by atoms with Crippen LogP contribution in [0, 0.1) is 5.92 Å². The second-order valence-electron chi connectivity index (χ2n) is 5.46. The number of nitrogens with zero attached hydrogens (tertiary/aromatic N) is 1. The van der Waals surface area contributed by atoms with Gasteiger partial charge in [-0.15, -0.1) is 0 Å². The first-order valence-corrected chi connectivity index (χ1v) is 8.04. The van der Waals surface area contributed by atoms with Gasteiger partial charge in [0.1, 0.15) is 13.2 Å². The maximum absolute atomic E-state index is 11.5. The number of rotatable bonds is 10. The fourth-order valence-corrected chi connectivity index (χ4v) is 1.80.